The second-order valence-corrected chi connectivity index (χ2v) is 6.71. The standard InChI is InChI=1S/C16H16N4O2S/c21-23(22,16-6-2-1-3-7-16)19-9-10-20-13-15(12-18-20)14-5-4-8-17-11-14/h1-8,11-13,19H,9-10H2. The van der Waals surface area contributed by atoms with Crippen LogP contribution >= 0.6 is 0 Å². The first kappa shape index (κ1) is 15.4. The Labute approximate surface area is 134 Å². The number of pyridine rings is 1. The number of hydrogen-bond donors (Lipinski definition) is 1. The zero-order chi connectivity index (χ0) is 16.1. The summed E-state index contributed by atoms with van der Waals surface area (Å²) in [6, 6.07) is 12.1. The second kappa shape index (κ2) is 6.72. The maximum absolute atomic E-state index is 12.1. The molecule has 3 rings (SSSR count). The molecule has 23 heavy (non-hydrogen) atoms. The van der Waals surface area contributed by atoms with Crippen molar-refractivity contribution in [3.8, 4) is 11.1 Å². The Bertz CT molecular complexity index is 861. The zero-order valence-electron chi connectivity index (χ0n) is 12.3. The molecule has 6 nitrogen and oxygen atoms in total. The van der Waals surface area contributed by atoms with E-state index in [1.54, 1.807) is 53.6 Å². The number of hydrogen-bond acceptors (Lipinski definition) is 4. The fraction of sp³-hybridized carbons (Fsp3) is 0.125. The molecule has 2 heterocycles. The van der Waals surface area contributed by atoms with Gasteiger partial charge in [-0.3, -0.25) is 9.67 Å². The summed E-state index contributed by atoms with van der Waals surface area (Å²) in [5.41, 5.74) is 1.92. The summed E-state index contributed by atoms with van der Waals surface area (Å²) in [6.45, 7) is 0.720. The highest BCUT2D eigenvalue weighted by molar-refractivity contribution is 7.89. The van der Waals surface area contributed by atoms with E-state index >= 15 is 0 Å². The molecule has 0 aliphatic heterocycles. The summed E-state index contributed by atoms with van der Waals surface area (Å²) in [5, 5.41) is 4.24. The molecule has 7 heteroatoms. The highest BCUT2D eigenvalue weighted by atomic mass is 32.2. The second-order valence-electron chi connectivity index (χ2n) is 4.94. The smallest absolute Gasteiger partial charge is 0.240 e. The van der Waals surface area contributed by atoms with Crippen LogP contribution in [0, 0.1) is 0 Å². The van der Waals surface area contributed by atoms with Crippen LogP contribution in [-0.2, 0) is 16.6 Å². The predicted molar refractivity (Wildman–Crippen MR) is 87.1 cm³/mol. The molecule has 0 bridgehead atoms. The van der Waals surface area contributed by atoms with Gasteiger partial charge >= 0.3 is 0 Å². The van der Waals surface area contributed by atoms with E-state index < -0.39 is 10.0 Å². The minimum atomic E-state index is -3.48. The van der Waals surface area contributed by atoms with Crippen molar-refractivity contribution in [1.29, 1.82) is 0 Å². The minimum absolute atomic E-state index is 0.261. The predicted octanol–water partition coefficient (Wildman–Crippen LogP) is 1.92. The van der Waals surface area contributed by atoms with Crippen molar-refractivity contribution in [2.24, 2.45) is 0 Å². The van der Waals surface area contributed by atoms with Crippen LogP contribution in [0.3, 0.4) is 0 Å². The Morgan fingerprint density at radius 2 is 1.83 bits per heavy atom. The molecule has 3 aromatic rings. The maximum Gasteiger partial charge on any atom is 0.240 e. The van der Waals surface area contributed by atoms with E-state index in [4.69, 9.17) is 0 Å². The van der Waals surface area contributed by atoms with Crippen LogP contribution < -0.4 is 4.72 Å². The number of nitrogens with zero attached hydrogens (tertiary/aromatic N) is 3. The Hall–Kier alpha value is -2.51. The molecule has 1 N–H and O–H groups in total. The first-order valence-electron chi connectivity index (χ1n) is 7.13. The van der Waals surface area contributed by atoms with E-state index in [1.165, 1.54) is 0 Å². The summed E-state index contributed by atoms with van der Waals surface area (Å²) in [7, 11) is -3.48. The summed E-state index contributed by atoms with van der Waals surface area (Å²) < 4.78 is 28.5. The fourth-order valence-corrected chi connectivity index (χ4v) is 3.19. The fourth-order valence-electron chi connectivity index (χ4n) is 2.15. The van der Waals surface area contributed by atoms with E-state index in [0.29, 0.717) is 6.54 Å². The van der Waals surface area contributed by atoms with Crippen LogP contribution in [0.25, 0.3) is 11.1 Å². The molecule has 118 valence electrons. The molecule has 0 unspecified atom stereocenters. The normalized spacial score (nSPS) is 11.5. The van der Waals surface area contributed by atoms with Gasteiger partial charge < -0.3 is 0 Å². The van der Waals surface area contributed by atoms with Gasteiger partial charge in [-0.2, -0.15) is 5.10 Å². The minimum Gasteiger partial charge on any atom is -0.271 e. The van der Waals surface area contributed by atoms with Crippen molar-refractivity contribution in [3.05, 3.63) is 67.3 Å². The van der Waals surface area contributed by atoms with Crippen molar-refractivity contribution >= 4 is 10.0 Å². The van der Waals surface area contributed by atoms with Crippen molar-refractivity contribution in [2.45, 2.75) is 11.4 Å². The van der Waals surface area contributed by atoms with E-state index in [1.807, 2.05) is 18.3 Å². The monoisotopic (exact) mass is 328 g/mol. The first-order chi connectivity index (χ1) is 11.1. The van der Waals surface area contributed by atoms with Gasteiger partial charge in [-0.05, 0) is 18.2 Å². The van der Waals surface area contributed by atoms with Gasteiger partial charge in [0, 0.05) is 36.3 Å². The highest BCUT2D eigenvalue weighted by Gasteiger charge is 2.12. The number of benzene rings is 1. The topological polar surface area (TPSA) is 76.9 Å². The van der Waals surface area contributed by atoms with Gasteiger partial charge in [0.15, 0.2) is 0 Å². The van der Waals surface area contributed by atoms with Gasteiger partial charge in [0.05, 0.1) is 17.6 Å². The maximum atomic E-state index is 12.1. The SMILES string of the molecule is O=S(=O)(NCCn1cc(-c2cccnc2)cn1)c1ccccc1. The molecule has 0 atom stereocenters. The van der Waals surface area contributed by atoms with Crippen LogP contribution in [0.4, 0.5) is 0 Å². The number of sulfonamides is 1. The van der Waals surface area contributed by atoms with Gasteiger partial charge in [-0.15, -0.1) is 0 Å². The van der Waals surface area contributed by atoms with Crippen molar-refractivity contribution < 1.29 is 8.42 Å². The molecule has 0 radical (unpaired) electrons. The highest BCUT2D eigenvalue weighted by Crippen LogP contribution is 2.16. The number of aromatic nitrogens is 3. The number of rotatable bonds is 6. The van der Waals surface area contributed by atoms with E-state index in [9.17, 15) is 8.42 Å². The Morgan fingerprint density at radius 3 is 2.57 bits per heavy atom. The summed E-state index contributed by atoms with van der Waals surface area (Å²) in [6.07, 6.45) is 7.09. The molecule has 0 saturated heterocycles. The van der Waals surface area contributed by atoms with Crippen LogP contribution in [0.15, 0.2) is 72.1 Å². The van der Waals surface area contributed by atoms with Crippen molar-refractivity contribution in [3.63, 3.8) is 0 Å². The van der Waals surface area contributed by atoms with E-state index in [2.05, 4.69) is 14.8 Å². The molecular weight excluding hydrogens is 312 g/mol. The Balaban J connectivity index is 1.61. The van der Waals surface area contributed by atoms with Gasteiger partial charge in [-0.25, -0.2) is 13.1 Å². The summed E-state index contributed by atoms with van der Waals surface area (Å²) >= 11 is 0. The third-order valence-electron chi connectivity index (χ3n) is 3.31. The van der Waals surface area contributed by atoms with Crippen LogP contribution in [0.2, 0.25) is 0 Å². The Morgan fingerprint density at radius 1 is 1.00 bits per heavy atom. The van der Waals surface area contributed by atoms with Gasteiger partial charge in [0.1, 0.15) is 0 Å². The molecule has 0 amide bonds. The van der Waals surface area contributed by atoms with Gasteiger partial charge in [0.25, 0.3) is 0 Å². The molecular formula is C16H16N4O2S. The molecule has 1 aromatic carbocycles. The lowest BCUT2D eigenvalue weighted by Crippen LogP contribution is -2.27. The molecule has 0 aliphatic rings. The lowest BCUT2D eigenvalue weighted by Gasteiger charge is -2.06. The average Bonchev–Trinajstić information content (AvgIpc) is 3.05. The largest absolute Gasteiger partial charge is 0.271 e. The van der Waals surface area contributed by atoms with Crippen molar-refractivity contribution in [2.75, 3.05) is 6.54 Å². The van der Waals surface area contributed by atoms with Crippen molar-refractivity contribution in [1.82, 2.24) is 19.5 Å². The lowest BCUT2D eigenvalue weighted by atomic mass is 10.2. The van der Waals surface area contributed by atoms with Gasteiger partial charge in [0.2, 0.25) is 10.0 Å². The van der Waals surface area contributed by atoms with E-state index in [0.717, 1.165) is 11.1 Å². The van der Waals surface area contributed by atoms with Crippen LogP contribution in [-0.4, -0.2) is 29.7 Å². The van der Waals surface area contributed by atoms with Crippen LogP contribution in [0.1, 0.15) is 0 Å². The quantitative estimate of drug-likeness (QED) is 0.750. The first-order valence-corrected chi connectivity index (χ1v) is 8.61. The van der Waals surface area contributed by atoms with Gasteiger partial charge in [-0.1, -0.05) is 24.3 Å². The van der Waals surface area contributed by atoms with Crippen LogP contribution in [0.5, 0.6) is 0 Å². The zero-order valence-corrected chi connectivity index (χ0v) is 13.1. The molecule has 0 aliphatic carbocycles. The average molecular weight is 328 g/mol. The molecule has 0 saturated carbocycles. The molecule has 0 fully saturated rings. The molecule has 2 aromatic heterocycles. The third kappa shape index (κ3) is 3.82. The summed E-state index contributed by atoms with van der Waals surface area (Å²) in [4.78, 5) is 4.33. The van der Waals surface area contributed by atoms with E-state index in [-0.39, 0.29) is 11.4 Å². The lowest BCUT2D eigenvalue weighted by molar-refractivity contribution is 0.561. The summed E-state index contributed by atoms with van der Waals surface area (Å²) in [5.74, 6) is 0. The third-order valence-corrected chi connectivity index (χ3v) is 4.79. The molecule has 0 spiro atoms. The number of nitrogens with one attached hydrogen (secondary N) is 1. The Kier molecular flexibility index (Phi) is 4.50.